The standard InChI is InChI=1S/C8H6O5/c1-6(11)4-8(12)13-7(5-10)2-3-9/h2H,4H2,1H3. The van der Waals surface area contributed by atoms with Crippen molar-refractivity contribution in [3.63, 3.8) is 0 Å². The smallest absolute Gasteiger partial charge is 0.319 e. The summed E-state index contributed by atoms with van der Waals surface area (Å²) in [6, 6.07) is 0. The summed E-state index contributed by atoms with van der Waals surface area (Å²) in [5.41, 5.74) is 0. The Balaban J connectivity index is 4.27. The summed E-state index contributed by atoms with van der Waals surface area (Å²) < 4.78 is 4.27. The van der Waals surface area contributed by atoms with E-state index in [-0.39, 0.29) is 0 Å². The first kappa shape index (κ1) is 11.0. The molecule has 0 saturated carbocycles. The SMILES string of the molecule is CC(=O)CC(=O)OC(=C=O)C=C=O. The second kappa shape index (κ2) is 5.66. The Morgan fingerprint density at radius 3 is 2.38 bits per heavy atom. The van der Waals surface area contributed by atoms with E-state index < -0.39 is 23.9 Å². The Hall–Kier alpha value is -1.96. The van der Waals surface area contributed by atoms with Crippen molar-refractivity contribution in [1.29, 1.82) is 0 Å². The van der Waals surface area contributed by atoms with E-state index in [1.54, 1.807) is 0 Å². The van der Waals surface area contributed by atoms with E-state index in [2.05, 4.69) is 4.74 Å². The lowest BCUT2D eigenvalue weighted by atomic mass is 10.3. The molecule has 5 nitrogen and oxygen atoms in total. The Bertz CT molecular complexity index is 315. The van der Waals surface area contributed by atoms with Crippen LogP contribution in [0.15, 0.2) is 11.8 Å². The number of carbonyl (C=O) groups excluding carboxylic acids is 4. The van der Waals surface area contributed by atoms with Gasteiger partial charge in [-0.05, 0) is 6.92 Å². The lowest BCUT2D eigenvalue weighted by molar-refractivity contribution is -0.141. The molecule has 0 N–H and O–H groups in total. The molecule has 0 aliphatic heterocycles. The number of Topliss-reactive ketones (excluding diaryl/α,β-unsaturated/α-hetero) is 1. The predicted octanol–water partition coefficient (Wildman–Crippen LogP) is -0.388. The highest BCUT2D eigenvalue weighted by Crippen LogP contribution is 1.96. The molecule has 0 amide bonds. The van der Waals surface area contributed by atoms with Crippen LogP contribution in [0.5, 0.6) is 0 Å². The van der Waals surface area contributed by atoms with E-state index in [1.807, 2.05) is 0 Å². The minimum atomic E-state index is -0.905. The van der Waals surface area contributed by atoms with Crippen molar-refractivity contribution in [2.24, 2.45) is 0 Å². The van der Waals surface area contributed by atoms with Gasteiger partial charge in [-0.2, -0.15) is 0 Å². The predicted molar refractivity (Wildman–Crippen MR) is 40.9 cm³/mol. The van der Waals surface area contributed by atoms with Gasteiger partial charge < -0.3 is 4.74 Å². The topological polar surface area (TPSA) is 77.5 Å². The van der Waals surface area contributed by atoms with Gasteiger partial charge in [0.2, 0.25) is 5.76 Å². The van der Waals surface area contributed by atoms with Gasteiger partial charge in [0.15, 0.2) is 5.94 Å². The number of carbonyl (C=O) groups is 2. The lowest BCUT2D eigenvalue weighted by Crippen LogP contribution is -2.08. The fraction of sp³-hybridized carbons (Fsp3) is 0.250. The molecule has 0 fully saturated rings. The van der Waals surface area contributed by atoms with Gasteiger partial charge in [-0.1, -0.05) is 0 Å². The maximum absolute atomic E-state index is 10.7. The number of ether oxygens (including phenoxy) is 1. The summed E-state index contributed by atoms with van der Waals surface area (Å²) in [7, 11) is 0. The molecule has 13 heavy (non-hydrogen) atoms. The minimum absolute atomic E-state index is 0.398. The Morgan fingerprint density at radius 1 is 1.38 bits per heavy atom. The van der Waals surface area contributed by atoms with Crippen molar-refractivity contribution in [3.8, 4) is 0 Å². The highest BCUT2D eigenvalue weighted by atomic mass is 16.5. The summed E-state index contributed by atoms with van der Waals surface area (Å²) in [5, 5.41) is 0. The maximum Gasteiger partial charge on any atom is 0.319 e. The highest BCUT2D eigenvalue weighted by Gasteiger charge is 2.08. The molecule has 0 bridgehead atoms. The van der Waals surface area contributed by atoms with Crippen LogP contribution in [0.4, 0.5) is 0 Å². The van der Waals surface area contributed by atoms with Crippen molar-refractivity contribution in [2.75, 3.05) is 0 Å². The Labute approximate surface area is 73.7 Å². The summed E-state index contributed by atoms with van der Waals surface area (Å²) in [4.78, 5) is 40.8. The third-order valence-corrected chi connectivity index (χ3v) is 0.908. The van der Waals surface area contributed by atoms with Crippen LogP contribution < -0.4 is 0 Å². The second-order valence-corrected chi connectivity index (χ2v) is 2.08. The molecule has 0 heterocycles. The molecule has 68 valence electrons. The first-order chi connectivity index (χ1) is 6.10. The zero-order valence-electron chi connectivity index (χ0n) is 6.83. The molecule has 0 atom stereocenters. The minimum Gasteiger partial charge on any atom is -0.413 e. The first-order valence-electron chi connectivity index (χ1n) is 3.26. The average molecular weight is 182 g/mol. The van der Waals surface area contributed by atoms with Gasteiger partial charge in [0, 0.05) is 0 Å². The van der Waals surface area contributed by atoms with Gasteiger partial charge in [0.1, 0.15) is 18.1 Å². The first-order valence-corrected chi connectivity index (χ1v) is 3.26. The Kier molecular flexibility index (Phi) is 4.81. The van der Waals surface area contributed by atoms with Crippen LogP contribution >= 0.6 is 0 Å². The zero-order valence-corrected chi connectivity index (χ0v) is 6.83. The van der Waals surface area contributed by atoms with Crippen molar-refractivity contribution < 1.29 is 23.9 Å². The van der Waals surface area contributed by atoms with Gasteiger partial charge in [-0.25, -0.2) is 9.59 Å². The zero-order chi connectivity index (χ0) is 10.3. The molecule has 0 aromatic heterocycles. The number of hydrogen-bond acceptors (Lipinski definition) is 5. The van der Waals surface area contributed by atoms with Gasteiger partial charge in [-0.3, -0.25) is 9.59 Å². The lowest BCUT2D eigenvalue weighted by Gasteiger charge is -1.97. The number of allylic oxidation sites excluding steroid dienone is 1. The number of ketones is 1. The van der Waals surface area contributed by atoms with E-state index in [4.69, 9.17) is 0 Å². The van der Waals surface area contributed by atoms with Gasteiger partial charge >= 0.3 is 5.97 Å². The van der Waals surface area contributed by atoms with Gasteiger partial charge in [0.05, 0.1) is 6.08 Å². The number of esters is 1. The van der Waals surface area contributed by atoms with E-state index in [0.29, 0.717) is 6.08 Å². The molecular weight excluding hydrogens is 176 g/mol. The van der Waals surface area contributed by atoms with Crippen molar-refractivity contribution >= 4 is 23.6 Å². The summed E-state index contributed by atoms with van der Waals surface area (Å²) in [5.74, 6) is 0.557. The molecule has 0 aliphatic carbocycles. The molecule has 0 rings (SSSR count). The fourth-order valence-corrected chi connectivity index (χ4v) is 0.495. The quantitative estimate of drug-likeness (QED) is 0.194. The Morgan fingerprint density at radius 2 is 2.00 bits per heavy atom. The molecule has 0 radical (unpaired) electrons. The molecule has 0 aromatic rings. The number of rotatable bonds is 4. The summed E-state index contributed by atoms with van der Waals surface area (Å²) in [6.07, 6.45) is 0.170. The van der Waals surface area contributed by atoms with Crippen LogP contribution in [-0.2, 0) is 23.9 Å². The largest absolute Gasteiger partial charge is 0.413 e. The summed E-state index contributed by atoms with van der Waals surface area (Å²) >= 11 is 0. The fourth-order valence-electron chi connectivity index (χ4n) is 0.495. The molecular formula is C8H6O5. The molecule has 0 saturated heterocycles. The van der Waals surface area contributed by atoms with Crippen LogP contribution in [-0.4, -0.2) is 23.6 Å². The molecule has 0 aliphatic rings. The number of hydrogen-bond donors (Lipinski definition) is 0. The van der Waals surface area contributed by atoms with E-state index in [1.165, 1.54) is 18.8 Å². The second-order valence-electron chi connectivity index (χ2n) is 2.08. The summed E-state index contributed by atoms with van der Waals surface area (Å²) in [6.45, 7) is 1.20. The van der Waals surface area contributed by atoms with Crippen LogP contribution in [0, 0.1) is 0 Å². The molecule has 0 unspecified atom stereocenters. The van der Waals surface area contributed by atoms with Crippen molar-refractivity contribution in [1.82, 2.24) is 0 Å². The van der Waals surface area contributed by atoms with Gasteiger partial charge in [0.25, 0.3) is 0 Å². The van der Waals surface area contributed by atoms with E-state index in [9.17, 15) is 19.2 Å². The molecule has 0 aromatic carbocycles. The van der Waals surface area contributed by atoms with Crippen LogP contribution in [0.2, 0.25) is 0 Å². The third-order valence-electron chi connectivity index (χ3n) is 0.908. The monoisotopic (exact) mass is 182 g/mol. The average Bonchev–Trinajstić information content (AvgIpc) is 2.02. The molecule has 0 spiro atoms. The van der Waals surface area contributed by atoms with Gasteiger partial charge in [-0.15, -0.1) is 0 Å². The van der Waals surface area contributed by atoms with Crippen LogP contribution in [0.3, 0.4) is 0 Å². The molecule has 5 heteroatoms. The van der Waals surface area contributed by atoms with E-state index >= 15 is 0 Å². The third kappa shape index (κ3) is 5.32. The van der Waals surface area contributed by atoms with Crippen LogP contribution in [0.1, 0.15) is 13.3 Å². The normalized spacial score (nSPS) is 7.77. The van der Waals surface area contributed by atoms with E-state index in [0.717, 1.165) is 0 Å². The van der Waals surface area contributed by atoms with Crippen LogP contribution in [0.25, 0.3) is 0 Å². The highest BCUT2D eigenvalue weighted by molar-refractivity contribution is 5.95. The van der Waals surface area contributed by atoms with Crippen molar-refractivity contribution in [3.05, 3.63) is 11.8 Å². The maximum atomic E-state index is 10.7. The van der Waals surface area contributed by atoms with Crippen molar-refractivity contribution in [2.45, 2.75) is 13.3 Å².